The molecule has 3 rings (SSSR count). The van der Waals surface area contributed by atoms with Crippen molar-refractivity contribution in [1.82, 2.24) is 9.80 Å². The van der Waals surface area contributed by atoms with Crippen LogP contribution >= 0.6 is 0 Å². The minimum absolute atomic E-state index is 0.200. The van der Waals surface area contributed by atoms with E-state index in [2.05, 4.69) is 15.9 Å². The molecule has 0 aliphatic carbocycles. The molecule has 0 radical (unpaired) electrons. The molecule has 2 aliphatic rings. The van der Waals surface area contributed by atoms with Gasteiger partial charge in [0.2, 0.25) is 0 Å². The predicted molar refractivity (Wildman–Crippen MR) is 107 cm³/mol. The summed E-state index contributed by atoms with van der Waals surface area (Å²) in [6.45, 7) is 6.89. The summed E-state index contributed by atoms with van der Waals surface area (Å²) in [7, 11) is 1.64. The maximum atomic E-state index is 10.3. The van der Waals surface area contributed by atoms with Crippen LogP contribution in [0.25, 0.3) is 0 Å². The Balaban J connectivity index is 1.49. The summed E-state index contributed by atoms with van der Waals surface area (Å²) in [5.41, 5.74) is 1.18. The van der Waals surface area contributed by atoms with Crippen molar-refractivity contribution in [2.24, 2.45) is 0 Å². The summed E-state index contributed by atoms with van der Waals surface area (Å²) in [4.78, 5) is 4.56. The van der Waals surface area contributed by atoms with Gasteiger partial charge >= 0.3 is 0 Å². The molecule has 0 spiro atoms. The number of aliphatic hydroxyl groups is 2. The van der Waals surface area contributed by atoms with Crippen molar-refractivity contribution in [1.29, 1.82) is 0 Å². The zero-order valence-electron chi connectivity index (χ0n) is 16.9. The number of hydrogen-bond donors (Lipinski definition) is 2. The van der Waals surface area contributed by atoms with Crippen LogP contribution in [0.1, 0.15) is 24.8 Å². The molecule has 2 saturated heterocycles. The van der Waals surface area contributed by atoms with E-state index in [1.54, 1.807) is 7.11 Å². The molecule has 158 valence electrons. The highest BCUT2D eigenvalue weighted by Gasteiger charge is 2.20. The van der Waals surface area contributed by atoms with E-state index in [0.717, 1.165) is 65.2 Å². The van der Waals surface area contributed by atoms with Gasteiger partial charge in [-0.25, -0.2) is 0 Å². The first-order chi connectivity index (χ1) is 13.6. The average molecular weight is 395 g/mol. The van der Waals surface area contributed by atoms with Gasteiger partial charge in [0.1, 0.15) is 12.7 Å². The summed E-state index contributed by atoms with van der Waals surface area (Å²) >= 11 is 0. The van der Waals surface area contributed by atoms with Gasteiger partial charge in [-0.05, 0) is 37.0 Å². The third-order valence-electron chi connectivity index (χ3n) is 5.41. The first kappa shape index (κ1) is 21.3. The first-order valence-corrected chi connectivity index (χ1v) is 10.3. The highest BCUT2D eigenvalue weighted by Crippen LogP contribution is 2.29. The van der Waals surface area contributed by atoms with Gasteiger partial charge in [-0.3, -0.25) is 4.90 Å². The number of β-amino-alcohol motifs (C(OH)–C–C–N with tert-alkyl or cyclic N) is 1. The zero-order valence-corrected chi connectivity index (χ0v) is 16.9. The summed E-state index contributed by atoms with van der Waals surface area (Å²) in [5.74, 6) is 1.34. The van der Waals surface area contributed by atoms with Crippen molar-refractivity contribution < 1.29 is 24.4 Å². The van der Waals surface area contributed by atoms with Gasteiger partial charge in [0, 0.05) is 45.9 Å². The fraction of sp³-hybridized carbons (Fsp3) is 0.714. The van der Waals surface area contributed by atoms with Crippen LogP contribution in [0.2, 0.25) is 0 Å². The van der Waals surface area contributed by atoms with E-state index < -0.39 is 6.10 Å². The number of hydrogen-bond acceptors (Lipinski definition) is 7. The number of benzene rings is 1. The molecule has 1 aromatic carbocycles. The fourth-order valence-electron chi connectivity index (χ4n) is 3.78. The SMILES string of the molecule is COc1cc(CN2CCCOCC2)ccc1OC[C@H](O)CN1CCC(O)CC1. The largest absolute Gasteiger partial charge is 0.493 e. The molecule has 2 aliphatic heterocycles. The van der Waals surface area contributed by atoms with Crippen LogP contribution in [0.5, 0.6) is 11.5 Å². The molecule has 28 heavy (non-hydrogen) atoms. The van der Waals surface area contributed by atoms with Crippen molar-refractivity contribution in [3.8, 4) is 11.5 Å². The monoisotopic (exact) mass is 394 g/mol. The second-order valence-electron chi connectivity index (χ2n) is 7.72. The lowest BCUT2D eigenvalue weighted by molar-refractivity contribution is 0.0333. The number of piperidine rings is 1. The molecule has 2 heterocycles. The van der Waals surface area contributed by atoms with Gasteiger partial charge in [0.25, 0.3) is 0 Å². The molecule has 1 aromatic rings. The third-order valence-corrected chi connectivity index (χ3v) is 5.41. The maximum absolute atomic E-state index is 10.3. The molecule has 7 heteroatoms. The number of rotatable bonds is 8. The molecule has 2 fully saturated rings. The van der Waals surface area contributed by atoms with Gasteiger partial charge in [-0.15, -0.1) is 0 Å². The Hall–Kier alpha value is -1.38. The van der Waals surface area contributed by atoms with Crippen LogP contribution in [0.15, 0.2) is 18.2 Å². The zero-order chi connectivity index (χ0) is 19.8. The first-order valence-electron chi connectivity index (χ1n) is 10.3. The number of methoxy groups -OCH3 is 1. The molecule has 0 saturated carbocycles. The maximum Gasteiger partial charge on any atom is 0.161 e. The normalized spacial score (nSPS) is 21.2. The second-order valence-corrected chi connectivity index (χ2v) is 7.72. The van der Waals surface area contributed by atoms with E-state index in [4.69, 9.17) is 14.2 Å². The lowest BCUT2D eigenvalue weighted by Gasteiger charge is -2.30. The highest BCUT2D eigenvalue weighted by atomic mass is 16.5. The van der Waals surface area contributed by atoms with Crippen molar-refractivity contribution in [3.05, 3.63) is 23.8 Å². The van der Waals surface area contributed by atoms with E-state index in [-0.39, 0.29) is 12.7 Å². The van der Waals surface area contributed by atoms with E-state index in [1.807, 2.05) is 12.1 Å². The van der Waals surface area contributed by atoms with Crippen molar-refractivity contribution in [2.45, 2.75) is 38.0 Å². The van der Waals surface area contributed by atoms with Gasteiger partial charge in [-0.1, -0.05) is 6.07 Å². The molecular formula is C21H34N2O5. The van der Waals surface area contributed by atoms with E-state index in [1.165, 1.54) is 5.56 Å². The Morgan fingerprint density at radius 2 is 1.93 bits per heavy atom. The van der Waals surface area contributed by atoms with Crippen molar-refractivity contribution in [2.75, 3.05) is 59.7 Å². The molecule has 0 unspecified atom stereocenters. The van der Waals surface area contributed by atoms with Crippen LogP contribution in [0, 0.1) is 0 Å². The second kappa shape index (κ2) is 11.0. The minimum atomic E-state index is -0.572. The molecule has 1 atom stereocenters. The minimum Gasteiger partial charge on any atom is -0.493 e. The van der Waals surface area contributed by atoms with Crippen molar-refractivity contribution in [3.63, 3.8) is 0 Å². The Bertz CT molecular complexity index is 584. The van der Waals surface area contributed by atoms with Gasteiger partial charge in [0.15, 0.2) is 11.5 Å². The smallest absolute Gasteiger partial charge is 0.161 e. The molecular weight excluding hydrogens is 360 g/mol. The molecule has 7 nitrogen and oxygen atoms in total. The standard InChI is InChI=1S/C21H34N2O5/c1-26-21-13-17(14-22-7-2-11-27-12-10-22)3-4-20(21)28-16-19(25)15-23-8-5-18(24)6-9-23/h3-4,13,18-19,24-25H,2,5-12,14-16H2,1H3/t19-/m1/s1. The Morgan fingerprint density at radius 1 is 1.11 bits per heavy atom. The molecule has 0 amide bonds. The molecule has 0 bridgehead atoms. The van der Waals surface area contributed by atoms with Gasteiger partial charge in [0.05, 0.1) is 19.8 Å². The van der Waals surface area contributed by atoms with E-state index >= 15 is 0 Å². The fourth-order valence-corrected chi connectivity index (χ4v) is 3.78. The number of likely N-dealkylation sites (tertiary alicyclic amines) is 1. The summed E-state index contributed by atoms with van der Waals surface area (Å²) < 4.78 is 16.9. The highest BCUT2D eigenvalue weighted by molar-refractivity contribution is 5.43. The number of nitrogens with zero attached hydrogens (tertiary/aromatic N) is 2. The number of aliphatic hydroxyl groups excluding tert-OH is 2. The van der Waals surface area contributed by atoms with Crippen LogP contribution < -0.4 is 9.47 Å². The van der Waals surface area contributed by atoms with Crippen LogP contribution in [-0.4, -0.2) is 91.9 Å². The Kier molecular flexibility index (Phi) is 8.36. The summed E-state index contributed by atoms with van der Waals surface area (Å²) in [5, 5.41) is 19.9. The quantitative estimate of drug-likeness (QED) is 0.684. The van der Waals surface area contributed by atoms with Crippen LogP contribution in [0.4, 0.5) is 0 Å². The summed E-state index contributed by atoms with van der Waals surface area (Å²) in [6.07, 6.45) is 1.83. The summed E-state index contributed by atoms with van der Waals surface area (Å²) in [6, 6.07) is 5.99. The third kappa shape index (κ3) is 6.60. The van der Waals surface area contributed by atoms with Gasteiger partial charge < -0.3 is 29.3 Å². The molecule has 2 N–H and O–H groups in total. The van der Waals surface area contributed by atoms with Gasteiger partial charge in [-0.2, -0.15) is 0 Å². The Morgan fingerprint density at radius 3 is 2.71 bits per heavy atom. The van der Waals surface area contributed by atoms with Crippen LogP contribution in [-0.2, 0) is 11.3 Å². The average Bonchev–Trinajstić information content (AvgIpc) is 2.97. The topological polar surface area (TPSA) is 74.6 Å². The Labute approximate surface area is 167 Å². The molecule has 0 aromatic heterocycles. The number of ether oxygens (including phenoxy) is 3. The lowest BCUT2D eigenvalue weighted by Crippen LogP contribution is -2.41. The predicted octanol–water partition coefficient (Wildman–Crippen LogP) is 1.11. The van der Waals surface area contributed by atoms with Crippen LogP contribution in [0.3, 0.4) is 0 Å². The lowest BCUT2D eigenvalue weighted by atomic mass is 10.1. The van der Waals surface area contributed by atoms with E-state index in [0.29, 0.717) is 18.0 Å². The van der Waals surface area contributed by atoms with Crippen molar-refractivity contribution >= 4 is 0 Å². The van der Waals surface area contributed by atoms with E-state index in [9.17, 15) is 10.2 Å².